The van der Waals surface area contributed by atoms with Crippen LogP contribution in [-0.4, -0.2) is 6.03 Å². The Morgan fingerprint density at radius 2 is 1.89 bits per heavy atom. The Bertz CT molecular complexity index is 539. The second kappa shape index (κ2) is 6.09. The van der Waals surface area contributed by atoms with Gasteiger partial charge in [-0.25, -0.2) is 4.79 Å². The van der Waals surface area contributed by atoms with Gasteiger partial charge in [-0.3, -0.25) is 0 Å². The molecule has 1 heterocycles. The molecule has 2 amide bonds. The minimum Gasteiger partial charge on any atom is -0.333 e. The first-order valence-electron chi connectivity index (χ1n) is 5.17. The average molecular weight is 301 g/mol. The van der Waals surface area contributed by atoms with E-state index in [0.717, 1.165) is 4.88 Å². The highest BCUT2D eigenvalue weighted by molar-refractivity contribution is 7.10. The summed E-state index contributed by atoms with van der Waals surface area (Å²) in [5.74, 6) is 0. The SMILES string of the molecule is O=C(NCc1sccc1Cl)Nc1ccc(Cl)cc1. The number of rotatable bonds is 3. The van der Waals surface area contributed by atoms with Crippen molar-refractivity contribution < 1.29 is 4.79 Å². The number of carbonyl (C=O) groups is 1. The number of thiophene rings is 1. The van der Waals surface area contributed by atoms with Gasteiger partial charge in [0, 0.05) is 15.6 Å². The summed E-state index contributed by atoms with van der Waals surface area (Å²) in [6.07, 6.45) is 0. The molecule has 0 radical (unpaired) electrons. The van der Waals surface area contributed by atoms with Crippen molar-refractivity contribution in [2.45, 2.75) is 6.54 Å². The van der Waals surface area contributed by atoms with Gasteiger partial charge in [-0.2, -0.15) is 0 Å². The highest BCUT2D eigenvalue weighted by Crippen LogP contribution is 2.21. The Hall–Kier alpha value is -1.23. The van der Waals surface area contributed by atoms with Gasteiger partial charge in [-0.15, -0.1) is 11.3 Å². The first kappa shape index (κ1) is 13.2. The van der Waals surface area contributed by atoms with E-state index in [4.69, 9.17) is 23.2 Å². The Kier molecular flexibility index (Phi) is 4.47. The third-order valence-corrected chi connectivity index (χ3v) is 3.84. The second-order valence-corrected chi connectivity index (χ2v) is 5.35. The van der Waals surface area contributed by atoms with E-state index in [1.54, 1.807) is 30.3 Å². The highest BCUT2D eigenvalue weighted by atomic mass is 35.5. The number of hydrogen-bond donors (Lipinski definition) is 2. The van der Waals surface area contributed by atoms with Gasteiger partial charge in [0.2, 0.25) is 0 Å². The van der Waals surface area contributed by atoms with Crippen LogP contribution in [0.3, 0.4) is 0 Å². The third kappa shape index (κ3) is 3.63. The molecule has 0 saturated carbocycles. The van der Waals surface area contributed by atoms with Crippen molar-refractivity contribution in [2.24, 2.45) is 0 Å². The molecule has 6 heteroatoms. The number of amides is 2. The Morgan fingerprint density at radius 1 is 1.17 bits per heavy atom. The van der Waals surface area contributed by atoms with Crippen LogP contribution < -0.4 is 10.6 Å². The summed E-state index contributed by atoms with van der Waals surface area (Å²) < 4.78 is 0. The van der Waals surface area contributed by atoms with Crippen LogP contribution in [0.25, 0.3) is 0 Å². The van der Waals surface area contributed by atoms with Crippen molar-refractivity contribution >= 4 is 46.3 Å². The van der Waals surface area contributed by atoms with Crippen LogP contribution in [0.1, 0.15) is 4.88 Å². The zero-order valence-corrected chi connectivity index (χ0v) is 11.6. The van der Waals surface area contributed by atoms with Crippen molar-refractivity contribution in [3.8, 4) is 0 Å². The summed E-state index contributed by atoms with van der Waals surface area (Å²) in [5.41, 5.74) is 0.689. The normalized spacial score (nSPS) is 10.1. The van der Waals surface area contributed by atoms with Crippen molar-refractivity contribution in [2.75, 3.05) is 5.32 Å². The van der Waals surface area contributed by atoms with Gasteiger partial charge in [-0.1, -0.05) is 23.2 Å². The minimum absolute atomic E-state index is 0.276. The highest BCUT2D eigenvalue weighted by Gasteiger charge is 2.05. The van der Waals surface area contributed by atoms with E-state index in [2.05, 4.69) is 10.6 Å². The van der Waals surface area contributed by atoms with Crippen LogP contribution in [0, 0.1) is 0 Å². The molecule has 0 aliphatic heterocycles. The summed E-state index contributed by atoms with van der Waals surface area (Å²) in [6, 6.07) is 8.43. The summed E-state index contributed by atoms with van der Waals surface area (Å²) in [5, 5.41) is 8.62. The Labute approximate surface area is 119 Å². The van der Waals surface area contributed by atoms with Gasteiger partial charge in [0.05, 0.1) is 11.6 Å². The molecule has 0 bridgehead atoms. The lowest BCUT2D eigenvalue weighted by Crippen LogP contribution is -2.27. The molecule has 18 heavy (non-hydrogen) atoms. The quantitative estimate of drug-likeness (QED) is 0.868. The fraction of sp³-hybridized carbons (Fsp3) is 0.0833. The molecular formula is C12H10Cl2N2OS. The number of carbonyl (C=O) groups excluding carboxylic acids is 1. The zero-order chi connectivity index (χ0) is 13.0. The van der Waals surface area contributed by atoms with E-state index in [-0.39, 0.29) is 6.03 Å². The zero-order valence-electron chi connectivity index (χ0n) is 9.24. The first-order chi connectivity index (χ1) is 8.65. The molecule has 0 fully saturated rings. The average Bonchev–Trinajstić information content (AvgIpc) is 2.75. The molecule has 0 spiro atoms. The predicted octanol–water partition coefficient (Wildman–Crippen LogP) is 4.38. The van der Waals surface area contributed by atoms with Gasteiger partial charge in [0.1, 0.15) is 0 Å². The van der Waals surface area contributed by atoms with Crippen LogP contribution >= 0.6 is 34.5 Å². The smallest absolute Gasteiger partial charge is 0.319 e. The lowest BCUT2D eigenvalue weighted by atomic mass is 10.3. The summed E-state index contributed by atoms with van der Waals surface area (Å²) >= 11 is 13.2. The molecule has 0 aliphatic rings. The van der Waals surface area contributed by atoms with E-state index in [1.165, 1.54) is 11.3 Å². The molecule has 94 valence electrons. The summed E-state index contributed by atoms with van der Waals surface area (Å²) in [6.45, 7) is 0.413. The van der Waals surface area contributed by atoms with Crippen molar-refractivity contribution in [1.82, 2.24) is 5.32 Å². The molecule has 0 unspecified atom stereocenters. The monoisotopic (exact) mass is 300 g/mol. The van der Waals surface area contributed by atoms with E-state index < -0.39 is 0 Å². The molecule has 2 rings (SSSR count). The van der Waals surface area contributed by atoms with Gasteiger partial charge in [0.25, 0.3) is 0 Å². The first-order valence-corrected chi connectivity index (χ1v) is 6.81. The summed E-state index contributed by atoms with van der Waals surface area (Å²) in [4.78, 5) is 12.5. The van der Waals surface area contributed by atoms with Crippen molar-refractivity contribution in [1.29, 1.82) is 0 Å². The Morgan fingerprint density at radius 3 is 2.50 bits per heavy atom. The topological polar surface area (TPSA) is 41.1 Å². The maximum absolute atomic E-state index is 11.6. The van der Waals surface area contributed by atoms with Crippen molar-refractivity contribution in [3.63, 3.8) is 0 Å². The molecule has 1 aromatic carbocycles. The van der Waals surface area contributed by atoms with Crippen LogP contribution in [-0.2, 0) is 6.54 Å². The van der Waals surface area contributed by atoms with E-state index in [9.17, 15) is 4.79 Å². The molecule has 2 N–H and O–H groups in total. The van der Waals surface area contributed by atoms with E-state index in [0.29, 0.717) is 22.3 Å². The predicted molar refractivity (Wildman–Crippen MR) is 76.6 cm³/mol. The van der Waals surface area contributed by atoms with Gasteiger partial charge < -0.3 is 10.6 Å². The van der Waals surface area contributed by atoms with Gasteiger partial charge >= 0.3 is 6.03 Å². The number of anilines is 1. The lowest BCUT2D eigenvalue weighted by molar-refractivity contribution is 0.252. The molecular weight excluding hydrogens is 291 g/mol. The van der Waals surface area contributed by atoms with Crippen molar-refractivity contribution in [3.05, 3.63) is 50.6 Å². The lowest BCUT2D eigenvalue weighted by Gasteiger charge is -2.07. The number of halogens is 2. The van der Waals surface area contributed by atoms with Crippen LogP contribution in [0.5, 0.6) is 0 Å². The van der Waals surface area contributed by atoms with Gasteiger partial charge in [0.15, 0.2) is 0 Å². The van der Waals surface area contributed by atoms with Crippen LogP contribution in [0.4, 0.5) is 10.5 Å². The minimum atomic E-state index is -0.276. The molecule has 2 aromatic rings. The number of nitrogens with one attached hydrogen (secondary N) is 2. The fourth-order valence-electron chi connectivity index (χ4n) is 1.32. The molecule has 0 aliphatic carbocycles. The van der Waals surface area contributed by atoms with Crippen LogP contribution in [0.2, 0.25) is 10.0 Å². The largest absolute Gasteiger partial charge is 0.333 e. The fourth-order valence-corrected chi connectivity index (χ4v) is 2.49. The van der Waals surface area contributed by atoms with Crippen LogP contribution in [0.15, 0.2) is 35.7 Å². The maximum Gasteiger partial charge on any atom is 0.319 e. The number of urea groups is 1. The molecule has 0 saturated heterocycles. The molecule has 0 atom stereocenters. The summed E-state index contributed by atoms with van der Waals surface area (Å²) in [7, 11) is 0. The van der Waals surface area contributed by atoms with Gasteiger partial charge in [-0.05, 0) is 35.7 Å². The molecule has 1 aromatic heterocycles. The maximum atomic E-state index is 11.6. The second-order valence-electron chi connectivity index (χ2n) is 3.51. The Balaban J connectivity index is 1.86. The third-order valence-electron chi connectivity index (χ3n) is 2.20. The number of hydrogen-bond acceptors (Lipinski definition) is 2. The standard InChI is InChI=1S/C12H10Cl2N2OS/c13-8-1-3-9(4-2-8)16-12(17)15-7-11-10(14)5-6-18-11/h1-6H,7H2,(H2,15,16,17). The van der Waals surface area contributed by atoms with E-state index >= 15 is 0 Å². The van der Waals surface area contributed by atoms with E-state index in [1.807, 2.05) is 5.38 Å². The molecule has 3 nitrogen and oxygen atoms in total. The number of benzene rings is 1.